The third kappa shape index (κ3) is 9.46. The first kappa shape index (κ1) is 33.8. The fourth-order valence-electron chi connectivity index (χ4n) is 5.57. The molecule has 0 heterocycles. The van der Waals surface area contributed by atoms with Crippen molar-refractivity contribution in [3.05, 3.63) is 93.4 Å². The van der Waals surface area contributed by atoms with Crippen LogP contribution in [0.3, 0.4) is 0 Å². The van der Waals surface area contributed by atoms with Crippen LogP contribution in [0.1, 0.15) is 49.7 Å². The van der Waals surface area contributed by atoms with E-state index in [9.17, 15) is 18.0 Å². The number of hydrogen-bond donors (Lipinski definition) is 1. The SMILES string of the molecule is COc1ccc(N(CCCC(=O)N(Cc2cccc(Br)c2)[C@@H](Cc2ccccc2)C(=O)NC2CCCC2)S(C)(=O)=O)cc1Cl. The first-order valence-corrected chi connectivity index (χ1v) is 17.8. The summed E-state index contributed by atoms with van der Waals surface area (Å²) in [5, 5.41) is 3.49. The first-order chi connectivity index (χ1) is 21.0. The van der Waals surface area contributed by atoms with Crippen molar-refractivity contribution in [2.24, 2.45) is 0 Å². The summed E-state index contributed by atoms with van der Waals surface area (Å²) in [7, 11) is -2.18. The standard InChI is InChI=1S/C33H39BrClN3O5S/c1-43-31-18-17-28(22-29(31)35)38(44(2,41)42)19-9-16-32(39)37(23-25-12-8-13-26(34)20-25)30(21-24-10-4-3-5-11-24)33(40)36-27-14-6-7-15-27/h3-5,8,10-13,17-18,20,22,27,30H,6-7,9,14-16,19,21,23H2,1-2H3,(H,36,40)/t30-/m0/s1. The Balaban J connectivity index is 1.59. The number of methoxy groups -OCH3 is 1. The highest BCUT2D eigenvalue weighted by molar-refractivity contribution is 9.10. The van der Waals surface area contributed by atoms with E-state index >= 15 is 0 Å². The number of anilines is 1. The van der Waals surface area contributed by atoms with E-state index in [1.807, 2.05) is 54.6 Å². The Hall–Kier alpha value is -3.08. The number of nitrogens with zero attached hydrogens (tertiary/aromatic N) is 2. The zero-order valence-corrected chi connectivity index (χ0v) is 28.2. The van der Waals surface area contributed by atoms with Crippen LogP contribution in [0, 0.1) is 0 Å². The lowest BCUT2D eigenvalue weighted by Gasteiger charge is -2.33. The summed E-state index contributed by atoms with van der Waals surface area (Å²) in [6.45, 7) is 0.299. The van der Waals surface area contributed by atoms with Gasteiger partial charge in [0.15, 0.2) is 0 Å². The van der Waals surface area contributed by atoms with Gasteiger partial charge in [-0.25, -0.2) is 8.42 Å². The zero-order chi connectivity index (χ0) is 31.7. The molecule has 1 atom stereocenters. The minimum Gasteiger partial charge on any atom is -0.495 e. The minimum atomic E-state index is -3.67. The monoisotopic (exact) mass is 703 g/mol. The van der Waals surface area contributed by atoms with Crippen LogP contribution in [0.4, 0.5) is 5.69 Å². The van der Waals surface area contributed by atoms with E-state index in [1.54, 1.807) is 17.0 Å². The van der Waals surface area contributed by atoms with Gasteiger partial charge in [-0.15, -0.1) is 0 Å². The molecule has 4 rings (SSSR count). The van der Waals surface area contributed by atoms with Crippen LogP contribution in [-0.2, 0) is 32.6 Å². The average Bonchev–Trinajstić information content (AvgIpc) is 3.50. The highest BCUT2D eigenvalue weighted by Gasteiger charge is 2.32. The van der Waals surface area contributed by atoms with Gasteiger partial charge in [0.25, 0.3) is 0 Å². The Kier molecular flexibility index (Phi) is 12.1. The fraction of sp³-hybridized carbons (Fsp3) is 0.394. The summed E-state index contributed by atoms with van der Waals surface area (Å²) in [5.74, 6) is 0.0333. The van der Waals surface area contributed by atoms with Gasteiger partial charge in [-0.05, 0) is 60.7 Å². The highest BCUT2D eigenvalue weighted by Crippen LogP contribution is 2.30. The van der Waals surface area contributed by atoms with Crippen molar-refractivity contribution in [3.63, 3.8) is 0 Å². The fourth-order valence-corrected chi connectivity index (χ4v) is 7.22. The maximum atomic E-state index is 14.0. The van der Waals surface area contributed by atoms with Gasteiger partial charge in [0.1, 0.15) is 11.8 Å². The number of carbonyl (C=O) groups is 2. The molecule has 0 radical (unpaired) electrons. The summed E-state index contributed by atoms with van der Waals surface area (Å²) in [5.41, 5.74) is 2.21. The molecule has 44 heavy (non-hydrogen) atoms. The number of sulfonamides is 1. The quantitative estimate of drug-likeness (QED) is 0.211. The molecule has 0 aromatic heterocycles. The van der Waals surface area contributed by atoms with Gasteiger partial charge in [0.05, 0.1) is 24.1 Å². The van der Waals surface area contributed by atoms with Crippen molar-refractivity contribution in [2.75, 3.05) is 24.2 Å². The van der Waals surface area contributed by atoms with Crippen molar-refractivity contribution in [1.82, 2.24) is 10.2 Å². The van der Waals surface area contributed by atoms with Crippen molar-refractivity contribution in [1.29, 1.82) is 0 Å². The Morgan fingerprint density at radius 2 is 1.73 bits per heavy atom. The largest absolute Gasteiger partial charge is 0.495 e. The molecule has 1 saturated carbocycles. The summed E-state index contributed by atoms with van der Waals surface area (Å²) >= 11 is 9.80. The summed E-state index contributed by atoms with van der Waals surface area (Å²) in [6, 6.07) is 21.5. The molecule has 0 bridgehead atoms. The lowest BCUT2D eigenvalue weighted by atomic mass is 10.0. The molecule has 0 saturated heterocycles. The third-order valence-electron chi connectivity index (χ3n) is 7.79. The molecule has 0 unspecified atom stereocenters. The highest BCUT2D eigenvalue weighted by atomic mass is 79.9. The second-order valence-corrected chi connectivity index (χ2v) is 14.3. The van der Waals surface area contributed by atoms with Crippen LogP contribution >= 0.6 is 27.5 Å². The number of halogens is 2. The molecule has 236 valence electrons. The number of ether oxygens (including phenoxy) is 1. The van der Waals surface area contributed by atoms with Crippen LogP contribution in [-0.4, -0.2) is 57.1 Å². The lowest BCUT2D eigenvalue weighted by Crippen LogP contribution is -2.52. The zero-order valence-electron chi connectivity index (χ0n) is 25.0. The molecule has 2 amide bonds. The molecule has 1 aliphatic carbocycles. The van der Waals surface area contributed by atoms with Crippen molar-refractivity contribution in [3.8, 4) is 5.75 Å². The first-order valence-electron chi connectivity index (χ1n) is 14.7. The van der Waals surface area contributed by atoms with Crippen molar-refractivity contribution < 1.29 is 22.7 Å². The number of hydrogen-bond acceptors (Lipinski definition) is 5. The van der Waals surface area contributed by atoms with E-state index in [1.165, 1.54) is 17.5 Å². The molecule has 0 spiro atoms. The van der Waals surface area contributed by atoms with Gasteiger partial charge in [0.2, 0.25) is 21.8 Å². The molecule has 8 nitrogen and oxygen atoms in total. The van der Waals surface area contributed by atoms with Gasteiger partial charge in [0, 0.05) is 36.4 Å². The third-order valence-corrected chi connectivity index (χ3v) is 9.77. The number of amides is 2. The van der Waals surface area contributed by atoms with Crippen molar-refractivity contribution >= 4 is 55.1 Å². The number of rotatable bonds is 14. The Morgan fingerprint density at radius 1 is 1.02 bits per heavy atom. The second-order valence-electron chi connectivity index (χ2n) is 11.1. The molecule has 1 aliphatic rings. The maximum absolute atomic E-state index is 14.0. The molecule has 3 aromatic carbocycles. The van der Waals surface area contributed by atoms with E-state index in [2.05, 4.69) is 21.2 Å². The van der Waals surface area contributed by atoms with Crippen LogP contribution in [0.15, 0.2) is 77.3 Å². The van der Waals surface area contributed by atoms with Crippen molar-refractivity contribution in [2.45, 2.75) is 63.6 Å². The van der Waals surface area contributed by atoms with Gasteiger partial charge >= 0.3 is 0 Å². The van der Waals surface area contributed by atoms with Gasteiger partial charge < -0.3 is 15.0 Å². The molecular formula is C33H39BrClN3O5S. The molecule has 0 aliphatic heterocycles. The second kappa shape index (κ2) is 15.8. The summed E-state index contributed by atoms with van der Waals surface area (Å²) in [4.78, 5) is 29.6. The van der Waals surface area contributed by atoms with E-state index in [4.69, 9.17) is 16.3 Å². The molecule has 1 N–H and O–H groups in total. The smallest absolute Gasteiger partial charge is 0.243 e. The van der Waals surface area contributed by atoms with E-state index < -0.39 is 16.1 Å². The topological polar surface area (TPSA) is 96.0 Å². The number of carbonyl (C=O) groups excluding carboxylic acids is 2. The van der Waals surface area contributed by atoms with Crippen LogP contribution in [0.5, 0.6) is 5.75 Å². The number of benzene rings is 3. The van der Waals surface area contributed by atoms with Gasteiger partial charge in [-0.2, -0.15) is 0 Å². The minimum absolute atomic E-state index is 0.0475. The molecule has 3 aromatic rings. The summed E-state index contributed by atoms with van der Waals surface area (Å²) in [6.07, 6.45) is 5.78. The number of nitrogens with one attached hydrogen (secondary N) is 1. The Morgan fingerprint density at radius 3 is 2.36 bits per heavy atom. The molecular weight excluding hydrogens is 666 g/mol. The predicted molar refractivity (Wildman–Crippen MR) is 178 cm³/mol. The Bertz CT molecular complexity index is 1530. The maximum Gasteiger partial charge on any atom is 0.243 e. The average molecular weight is 705 g/mol. The van der Waals surface area contributed by atoms with Crippen LogP contribution in [0.2, 0.25) is 5.02 Å². The predicted octanol–water partition coefficient (Wildman–Crippen LogP) is 6.36. The van der Waals surface area contributed by atoms with E-state index in [0.717, 1.165) is 47.5 Å². The van der Waals surface area contributed by atoms with Gasteiger partial charge in [-0.1, -0.05) is 82.8 Å². The lowest BCUT2D eigenvalue weighted by molar-refractivity contribution is -0.141. The molecule has 11 heteroatoms. The van der Waals surface area contributed by atoms with Gasteiger partial charge in [-0.3, -0.25) is 13.9 Å². The van der Waals surface area contributed by atoms with Crippen LogP contribution in [0.25, 0.3) is 0 Å². The normalized spacial score (nSPS) is 14.2. The van der Waals surface area contributed by atoms with Crippen LogP contribution < -0.4 is 14.4 Å². The Labute approximate surface area is 273 Å². The molecule has 1 fully saturated rings. The van der Waals surface area contributed by atoms with E-state index in [-0.39, 0.29) is 48.8 Å². The van der Waals surface area contributed by atoms with E-state index in [0.29, 0.717) is 17.9 Å². The summed E-state index contributed by atoms with van der Waals surface area (Å²) < 4.78 is 32.8.